The Morgan fingerprint density at radius 1 is 1.36 bits per heavy atom. The molecule has 0 saturated heterocycles. The Morgan fingerprint density at radius 3 is 2.93 bits per heavy atom. The van der Waals surface area contributed by atoms with Crippen LogP contribution in [0.4, 0.5) is 0 Å². The first kappa shape index (κ1) is 9.25. The van der Waals surface area contributed by atoms with E-state index in [0.29, 0.717) is 0 Å². The summed E-state index contributed by atoms with van der Waals surface area (Å²) in [4.78, 5) is 11.5. The van der Waals surface area contributed by atoms with E-state index in [2.05, 4.69) is 6.92 Å². The maximum absolute atomic E-state index is 11.5. The van der Waals surface area contributed by atoms with E-state index in [0.717, 1.165) is 30.6 Å². The van der Waals surface area contributed by atoms with Crippen molar-refractivity contribution in [2.75, 3.05) is 0 Å². The van der Waals surface area contributed by atoms with E-state index >= 15 is 0 Å². The lowest BCUT2D eigenvalue weighted by Crippen LogP contribution is -2.09. The molecule has 1 atom stereocenters. The number of carbonyl (C=O) groups excluding carboxylic acids is 1. The third-order valence-electron chi connectivity index (χ3n) is 2.64. The van der Waals surface area contributed by atoms with Crippen LogP contribution in [0.5, 0.6) is 5.75 Å². The Hall–Kier alpha value is -1.31. The van der Waals surface area contributed by atoms with Gasteiger partial charge in [0.2, 0.25) is 0 Å². The predicted octanol–water partition coefficient (Wildman–Crippen LogP) is 2.88. The molecule has 2 heteroatoms. The standard InChI is InChI=1S/C12H14O2/c1-2-3-6-10-9-7-4-5-8-11(9)14-12(10)13/h4-5,7-8,10H,2-3,6H2,1H3. The summed E-state index contributed by atoms with van der Waals surface area (Å²) in [6.07, 6.45) is 3.10. The van der Waals surface area contributed by atoms with Gasteiger partial charge in [-0.2, -0.15) is 0 Å². The van der Waals surface area contributed by atoms with Gasteiger partial charge in [0.25, 0.3) is 0 Å². The Kier molecular flexibility index (Phi) is 2.53. The Balaban J connectivity index is 2.21. The van der Waals surface area contributed by atoms with Crippen molar-refractivity contribution in [3.63, 3.8) is 0 Å². The van der Waals surface area contributed by atoms with E-state index in [4.69, 9.17) is 4.74 Å². The van der Waals surface area contributed by atoms with Gasteiger partial charge in [-0.25, -0.2) is 0 Å². The Labute approximate surface area is 83.9 Å². The summed E-state index contributed by atoms with van der Waals surface area (Å²) < 4.78 is 5.18. The molecule has 1 aromatic carbocycles. The zero-order chi connectivity index (χ0) is 9.97. The van der Waals surface area contributed by atoms with Crippen LogP contribution in [-0.2, 0) is 4.79 Å². The number of hydrogen-bond donors (Lipinski definition) is 0. The van der Waals surface area contributed by atoms with E-state index in [-0.39, 0.29) is 11.9 Å². The molecule has 14 heavy (non-hydrogen) atoms. The number of carbonyl (C=O) groups is 1. The van der Waals surface area contributed by atoms with Gasteiger partial charge < -0.3 is 4.74 Å². The highest BCUT2D eigenvalue weighted by molar-refractivity contribution is 5.85. The van der Waals surface area contributed by atoms with Crippen LogP contribution in [-0.4, -0.2) is 5.97 Å². The smallest absolute Gasteiger partial charge is 0.318 e. The second kappa shape index (κ2) is 3.82. The molecule has 1 aliphatic rings. The highest BCUT2D eigenvalue weighted by Crippen LogP contribution is 2.37. The van der Waals surface area contributed by atoms with Gasteiger partial charge in [0.05, 0.1) is 5.92 Å². The molecule has 0 N–H and O–H groups in total. The molecule has 0 amide bonds. The maximum atomic E-state index is 11.5. The van der Waals surface area contributed by atoms with Crippen LogP contribution in [0.15, 0.2) is 24.3 Å². The molecule has 2 rings (SSSR count). The van der Waals surface area contributed by atoms with Crippen LogP contribution in [0.25, 0.3) is 0 Å². The van der Waals surface area contributed by atoms with Crippen LogP contribution in [0, 0.1) is 0 Å². The number of rotatable bonds is 3. The van der Waals surface area contributed by atoms with E-state index in [1.807, 2.05) is 24.3 Å². The van der Waals surface area contributed by atoms with Gasteiger partial charge in [-0.15, -0.1) is 0 Å². The minimum atomic E-state index is -0.0837. The highest BCUT2D eigenvalue weighted by atomic mass is 16.5. The molecule has 1 aromatic rings. The number of ether oxygens (including phenoxy) is 1. The maximum Gasteiger partial charge on any atom is 0.318 e. The molecule has 1 unspecified atom stereocenters. The summed E-state index contributed by atoms with van der Waals surface area (Å²) in [5.41, 5.74) is 1.06. The lowest BCUT2D eigenvalue weighted by molar-refractivity contribution is -0.134. The lowest BCUT2D eigenvalue weighted by atomic mass is 9.95. The molecular weight excluding hydrogens is 176 g/mol. The fraction of sp³-hybridized carbons (Fsp3) is 0.417. The Morgan fingerprint density at radius 2 is 2.14 bits per heavy atom. The fourth-order valence-corrected chi connectivity index (χ4v) is 1.85. The van der Waals surface area contributed by atoms with Crippen molar-refractivity contribution in [1.29, 1.82) is 0 Å². The SMILES string of the molecule is CCCCC1C(=O)Oc2ccccc21. The summed E-state index contributed by atoms with van der Waals surface area (Å²) >= 11 is 0. The largest absolute Gasteiger partial charge is 0.426 e. The first-order valence-corrected chi connectivity index (χ1v) is 5.13. The van der Waals surface area contributed by atoms with Gasteiger partial charge in [-0.1, -0.05) is 38.0 Å². The van der Waals surface area contributed by atoms with Gasteiger partial charge in [0, 0.05) is 5.56 Å². The van der Waals surface area contributed by atoms with Crippen LogP contribution in [0.2, 0.25) is 0 Å². The van der Waals surface area contributed by atoms with Crippen LogP contribution >= 0.6 is 0 Å². The quantitative estimate of drug-likeness (QED) is 0.541. The molecule has 2 nitrogen and oxygen atoms in total. The van der Waals surface area contributed by atoms with Gasteiger partial charge >= 0.3 is 5.97 Å². The van der Waals surface area contributed by atoms with Gasteiger partial charge in [-0.3, -0.25) is 4.79 Å². The molecule has 0 spiro atoms. The molecular formula is C12H14O2. The fourth-order valence-electron chi connectivity index (χ4n) is 1.85. The third kappa shape index (κ3) is 1.52. The molecule has 0 fully saturated rings. The molecule has 1 aliphatic heterocycles. The summed E-state index contributed by atoms with van der Waals surface area (Å²) in [5.74, 6) is 0.643. The van der Waals surface area contributed by atoms with Crippen molar-refractivity contribution in [3.05, 3.63) is 29.8 Å². The molecule has 0 aliphatic carbocycles. The molecule has 1 heterocycles. The summed E-state index contributed by atoms with van der Waals surface area (Å²) in [7, 11) is 0. The number of benzene rings is 1. The zero-order valence-electron chi connectivity index (χ0n) is 8.32. The van der Waals surface area contributed by atoms with Crippen molar-refractivity contribution in [3.8, 4) is 5.75 Å². The minimum Gasteiger partial charge on any atom is -0.426 e. The zero-order valence-corrected chi connectivity index (χ0v) is 8.32. The van der Waals surface area contributed by atoms with Crippen molar-refractivity contribution in [2.24, 2.45) is 0 Å². The van der Waals surface area contributed by atoms with E-state index in [9.17, 15) is 4.79 Å². The van der Waals surface area contributed by atoms with Crippen molar-refractivity contribution in [1.82, 2.24) is 0 Å². The highest BCUT2D eigenvalue weighted by Gasteiger charge is 2.31. The normalized spacial score (nSPS) is 19.2. The number of fused-ring (bicyclic) bond motifs is 1. The first-order valence-electron chi connectivity index (χ1n) is 5.13. The molecule has 0 radical (unpaired) electrons. The molecule has 0 bridgehead atoms. The average Bonchev–Trinajstić information content (AvgIpc) is 2.51. The number of unbranched alkanes of at least 4 members (excludes halogenated alkanes) is 1. The second-order valence-electron chi connectivity index (χ2n) is 3.65. The average molecular weight is 190 g/mol. The predicted molar refractivity (Wildman–Crippen MR) is 54.3 cm³/mol. The van der Waals surface area contributed by atoms with E-state index in [1.165, 1.54) is 0 Å². The van der Waals surface area contributed by atoms with Crippen molar-refractivity contribution >= 4 is 5.97 Å². The second-order valence-corrected chi connectivity index (χ2v) is 3.65. The summed E-state index contributed by atoms with van der Waals surface area (Å²) in [6, 6.07) is 7.70. The van der Waals surface area contributed by atoms with E-state index < -0.39 is 0 Å². The summed E-state index contributed by atoms with van der Waals surface area (Å²) in [6.45, 7) is 2.13. The monoisotopic (exact) mass is 190 g/mol. The van der Waals surface area contributed by atoms with Gasteiger partial charge in [0.1, 0.15) is 5.75 Å². The van der Waals surface area contributed by atoms with Crippen LogP contribution < -0.4 is 4.74 Å². The van der Waals surface area contributed by atoms with Crippen LogP contribution in [0.1, 0.15) is 37.7 Å². The van der Waals surface area contributed by atoms with Crippen molar-refractivity contribution in [2.45, 2.75) is 32.1 Å². The van der Waals surface area contributed by atoms with Gasteiger partial charge in [0.15, 0.2) is 0 Å². The van der Waals surface area contributed by atoms with Gasteiger partial charge in [-0.05, 0) is 12.5 Å². The third-order valence-corrected chi connectivity index (χ3v) is 2.64. The van der Waals surface area contributed by atoms with E-state index in [1.54, 1.807) is 0 Å². The number of esters is 1. The van der Waals surface area contributed by atoms with Crippen LogP contribution in [0.3, 0.4) is 0 Å². The minimum absolute atomic E-state index is 0.0221. The van der Waals surface area contributed by atoms with Crippen molar-refractivity contribution < 1.29 is 9.53 Å². The lowest BCUT2D eigenvalue weighted by Gasteiger charge is -2.04. The molecule has 0 aromatic heterocycles. The first-order chi connectivity index (χ1) is 6.83. The topological polar surface area (TPSA) is 26.3 Å². The Bertz CT molecular complexity index is 344. The molecule has 0 saturated carbocycles. The summed E-state index contributed by atoms with van der Waals surface area (Å²) in [5, 5.41) is 0. The number of para-hydroxylation sites is 1. The number of hydrogen-bond acceptors (Lipinski definition) is 2. The molecule has 74 valence electrons.